The summed E-state index contributed by atoms with van der Waals surface area (Å²) in [5.41, 5.74) is 4.27. The third kappa shape index (κ3) is 3.23. The number of nitrogens with zero attached hydrogens (tertiary/aromatic N) is 3. The first-order valence-electron chi connectivity index (χ1n) is 13.3. The van der Waals surface area contributed by atoms with E-state index >= 15 is 0 Å². The lowest BCUT2D eigenvalue weighted by atomic mass is 9.30. The predicted octanol–water partition coefficient (Wildman–Crippen LogP) is 5.03. The molecule has 0 atom stereocenters. The number of carbonyl (C=O) groups is 2. The van der Waals surface area contributed by atoms with Gasteiger partial charge in [-0.25, -0.2) is 0 Å². The van der Waals surface area contributed by atoms with Gasteiger partial charge >= 0.3 is 0 Å². The van der Waals surface area contributed by atoms with E-state index in [2.05, 4.69) is 39.9 Å². The van der Waals surface area contributed by atoms with E-state index in [1.54, 1.807) is 6.92 Å². The van der Waals surface area contributed by atoms with Crippen molar-refractivity contribution in [2.24, 2.45) is 16.2 Å². The van der Waals surface area contributed by atoms with Crippen LogP contribution in [0.4, 0.5) is 5.69 Å². The number of aromatic nitrogens is 2. The summed E-state index contributed by atoms with van der Waals surface area (Å²) in [7, 11) is 0. The molecule has 4 aliphatic carbocycles. The normalized spacial score (nSPS) is 27.9. The summed E-state index contributed by atoms with van der Waals surface area (Å²) in [5.74, 6) is 0.593. The molecule has 8 rings (SSSR count). The quantitative estimate of drug-likeness (QED) is 0.420. The molecule has 1 aliphatic heterocycles. The van der Waals surface area contributed by atoms with Crippen LogP contribution >= 0.6 is 0 Å². The number of fused-ring (bicyclic) bond motifs is 1. The van der Waals surface area contributed by atoms with Gasteiger partial charge in [-0.1, -0.05) is 12.1 Å². The highest BCUT2D eigenvalue weighted by atomic mass is 16.5. The first kappa shape index (κ1) is 22.2. The monoisotopic (exact) mass is 483 g/mol. The van der Waals surface area contributed by atoms with Crippen molar-refractivity contribution in [3.8, 4) is 0 Å². The summed E-state index contributed by atoms with van der Waals surface area (Å²) in [4.78, 5) is 32.8. The zero-order valence-corrected chi connectivity index (χ0v) is 21.0. The van der Waals surface area contributed by atoms with Crippen LogP contribution in [0.2, 0.25) is 0 Å². The molecule has 36 heavy (non-hydrogen) atoms. The van der Waals surface area contributed by atoms with Crippen LogP contribution in [0, 0.1) is 16.2 Å². The Morgan fingerprint density at radius 2 is 1.81 bits per heavy atom. The molecule has 3 aromatic rings. The van der Waals surface area contributed by atoms with Gasteiger partial charge in [0, 0.05) is 42.1 Å². The van der Waals surface area contributed by atoms with E-state index in [1.165, 1.54) is 0 Å². The molecular weight excluding hydrogens is 450 g/mol. The standard InChI is InChI=1S/C30H33N3O3/c1-21(34)28-18-30(19-28,20-28)29(8-9-29)15-26(35)25-4-2-3-22-7-10-33(27(22)25)17-23-5-6-24(16-31-23)32-11-13-36-14-12-32/h2-7,10,16H,8-9,11-15,17-20H2,1H3. The Morgan fingerprint density at radius 1 is 1.03 bits per heavy atom. The fourth-order valence-electron chi connectivity index (χ4n) is 7.48. The topological polar surface area (TPSA) is 64.4 Å². The van der Waals surface area contributed by atoms with Gasteiger partial charge in [0.2, 0.25) is 0 Å². The third-order valence-corrected chi connectivity index (χ3v) is 9.86. The van der Waals surface area contributed by atoms with Gasteiger partial charge in [-0.15, -0.1) is 0 Å². The van der Waals surface area contributed by atoms with Crippen LogP contribution in [0.25, 0.3) is 10.9 Å². The Hall–Kier alpha value is -2.99. The van der Waals surface area contributed by atoms with Crippen molar-refractivity contribution in [3.63, 3.8) is 0 Å². The highest BCUT2D eigenvalue weighted by Crippen LogP contribution is 2.85. The summed E-state index contributed by atoms with van der Waals surface area (Å²) >= 11 is 0. The summed E-state index contributed by atoms with van der Waals surface area (Å²) in [5, 5.41) is 1.09. The van der Waals surface area contributed by atoms with E-state index in [0.29, 0.717) is 18.7 Å². The maximum absolute atomic E-state index is 13.7. The van der Waals surface area contributed by atoms with Crippen molar-refractivity contribution in [2.75, 3.05) is 31.2 Å². The Morgan fingerprint density at radius 3 is 2.47 bits per heavy atom. The minimum Gasteiger partial charge on any atom is -0.378 e. The Labute approximate surface area is 211 Å². The van der Waals surface area contributed by atoms with Gasteiger partial charge in [0.1, 0.15) is 5.78 Å². The molecule has 1 saturated heterocycles. The number of pyridine rings is 1. The molecule has 2 bridgehead atoms. The van der Waals surface area contributed by atoms with Crippen LogP contribution in [-0.4, -0.2) is 47.4 Å². The lowest BCUT2D eigenvalue weighted by Gasteiger charge is -2.73. The average molecular weight is 484 g/mol. The van der Waals surface area contributed by atoms with E-state index < -0.39 is 0 Å². The first-order valence-corrected chi connectivity index (χ1v) is 13.3. The molecule has 0 amide bonds. The van der Waals surface area contributed by atoms with Gasteiger partial charge in [0.05, 0.1) is 42.9 Å². The highest BCUT2D eigenvalue weighted by molar-refractivity contribution is 6.07. The van der Waals surface area contributed by atoms with Crippen molar-refractivity contribution < 1.29 is 14.3 Å². The number of Topliss-reactive ketones (excluding diaryl/α,β-unsaturated/α-hetero) is 2. The minimum absolute atomic E-state index is 0.0440. The molecule has 1 aromatic carbocycles. The SMILES string of the molecule is CC(=O)C12CC(C3(CC(=O)c4cccc5ccn(Cc6ccc(N7CCOCC7)cn6)c45)CC3)(C1)C2. The molecule has 5 aliphatic rings. The van der Waals surface area contributed by atoms with Crippen LogP contribution in [0.3, 0.4) is 0 Å². The predicted molar refractivity (Wildman–Crippen MR) is 138 cm³/mol. The zero-order chi connectivity index (χ0) is 24.5. The van der Waals surface area contributed by atoms with E-state index in [1.807, 2.05) is 18.3 Å². The zero-order valence-electron chi connectivity index (χ0n) is 21.0. The molecule has 6 heteroatoms. The second-order valence-electron chi connectivity index (χ2n) is 11.8. The summed E-state index contributed by atoms with van der Waals surface area (Å²) < 4.78 is 7.63. The van der Waals surface area contributed by atoms with Crippen molar-refractivity contribution >= 4 is 28.2 Å². The van der Waals surface area contributed by atoms with Gasteiger partial charge in [-0.2, -0.15) is 0 Å². The Bertz CT molecular complexity index is 1340. The van der Waals surface area contributed by atoms with Crippen molar-refractivity contribution in [1.29, 1.82) is 0 Å². The smallest absolute Gasteiger partial charge is 0.165 e. The summed E-state index contributed by atoms with van der Waals surface area (Å²) in [6.45, 7) is 5.68. The maximum atomic E-state index is 13.7. The molecule has 0 unspecified atom stereocenters. The molecule has 0 radical (unpaired) electrons. The molecule has 3 heterocycles. The molecule has 2 aromatic heterocycles. The van der Waals surface area contributed by atoms with E-state index in [0.717, 1.165) is 86.3 Å². The van der Waals surface area contributed by atoms with Crippen LogP contribution in [0.5, 0.6) is 0 Å². The Kier molecular flexibility index (Phi) is 4.79. The van der Waals surface area contributed by atoms with E-state index in [-0.39, 0.29) is 22.0 Å². The summed E-state index contributed by atoms with van der Waals surface area (Å²) in [6, 6.07) is 12.4. The first-order chi connectivity index (χ1) is 17.4. The van der Waals surface area contributed by atoms with Gasteiger partial charge in [0.15, 0.2) is 5.78 Å². The number of para-hydroxylation sites is 1. The molecule has 0 spiro atoms. The van der Waals surface area contributed by atoms with E-state index in [9.17, 15) is 9.59 Å². The van der Waals surface area contributed by atoms with E-state index in [4.69, 9.17) is 9.72 Å². The lowest BCUT2D eigenvalue weighted by molar-refractivity contribution is -0.233. The second-order valence-corrected chi connectivity index (χ2v) is 11.8. The number of hydrogen-bond acceptors (Lipinski definition) is 5. The Balaban J connectivity index is 1.11. The molecule has 6 nitrogen and oxygen atoms in total. The maximum Gasteiger partial charge on any atom is 0.165 e. The fraction of sp³-hybridized carbons (Fsp3) is 0.500. The number of benzene rings is 1. The fourth-order valence-corrected chi connectivity index (χ4v) is 7.48. The largest absolute Gasteiger partial charge is 0.378 e. The van der Waals surface area contributed by atoms with Crippen LogP contribution in [0.15, 0.2) is 48.8 Å². The number of ketones is 2. The summed E-state index contributed by atoms with van der Waals surface area (Å²) in [6.07, 6.45) is 9.92. The number of carbonyl (C=O) groups excluding carboxylic acids is 2. The molecule has 4 saturated carbocycles. The number of ether oxygens (including phenoxy) is 1. The number of anilines is 1. The van der Waals surface area contributed by atoms with Gasteiger partial charge in [0.25, 0.3) is 0 Å². The van der Waals surface area contributed by atoms with Crippen LogP contribution in [0.1, 0.15) is 61.5 Å². The highest BCUT2D eigenvalue weighted by Gasteiger charge is 2.79. The van der Waals surface area contributed by atoms with Crippen molar-refractivity contribution in [1.82, 2.24) is 9.55 Å². The third-order valence-electron chi connectivity index (χ3n) is 9.86. The van der Waals surface area contributed by atoms with Crippen LogP contribution < -0.4 is 4.90 Å². The molecular formula is C30H33N3O3. The number of morpholine rings is 1. The van der Waals surface area contributed by atoms with Crippen molar-refractivity contribution in [3.05, 3.63) is 60.0 Å². The average Bonchev–Trinajstić information content (AvgIpc) is 3.48. The number of hydrogen-bond donors (Lipinski definition) is 0. The van der Waals surface area contributed by atoms with Crippen molar-refractivity contribution in [2.45, 2.75) is 52.0 Å². The van der Waals surface area contributed by atoms with Gasteiger partial charge in [-0.3, -0.25) is 14.6 Å². The number of rotatable bonds is 8. The second kappa shape index (κ2) is 7.75. The van der Waals surface area contributed by atoms with Gasteiger partial charge < -0.3 is 14.2 Å². The van der Waals surface area contributed by atoms with Gasteiger partial charge in [-0.05, 0) is 74.1 Å². The minimum atomic E-state index is -0.0440. The van der Waals surface area contributed by atoms with Crippen LogP contribution in [-0.2, 0) is 16.1 Å². The molecule has 186 valence electrons. The lowest BCUT2D eigenvalue weighted by Crippen LogP contribution is -2.68. The molecule has 5 fully saturated rings. The molecule has 0 N–H and O–H groups in total.